The molecule has 1 heterocycles. The van der Waals surface area contributed by atoms with Crippen LogP contribution in [0.2, 0.25) is 0 Å². The van der Waals surface area contributed by atoms with Crippen molar-refractivity contribution >= 4 is 17.9 Å². The Balaban J connectivity index is 2.26. The van der Waals surface area contributed by atoms with Gasteiger partial charge in [-0.05, 0) is 5.56 Å². The van der Waals surface area contributed by atoms with Crippen molar-refractivity contribution in [3.05, 3.63) is 35.9 Å². The number of ether oxygens (including phenoxy) is 5. The van der Waals surface area contributed by atoms with Gasteiger partial charge in [-0.2, -0.15) is 0 Å². The quantitative estimate of drug-likeness (QED) is 0.525. The van der Waals surface area contributed by atoms with Crippen LogP contribution in [-0.4, -0.2) is 60.3 Å². The third-order valence-electron chi connectivity index (χ3n) is 3.95. The molecule has 1 saturated heterocycles. The first-order chi connectivity index (χ1) is 13.3. The van der Waals surface area contributed by atoms with Gasteiger partial charge in [0.2, 0.25) is 0 Å². The molecule has 1 fully saturated rings. The van der Waals surface area contributed by atoms with E-state index in [4.69, 9.17) is 23.7 Å². The summed E-state index contributed by atoms with van der Waals surface area (Å²) >= 11 is 0. The second-order valence-corrected chi connectivity index (χ2v) is 6.28. The number of rotatable bonds is 7. The van der Waals surface area contributed by atoms with E-state index in [-0.39, 0.29) is 13.2 Å². The van der Waals surface area contributed by atoms with Crippen LogP contribution in [0.3, 0.4) is 0 Å². The Hall–Kier alpha value is -2.49. The third kappa shape index (κ3) is 6.29. The molecule has 154 valence electrons. The third-order valence-corrected chi connectivity index (χ3v) is 3.95. The zero-order valence-electron chi connectivity index (χ0n) is 15.9. The van der Waals surface area contributed by atoms with Gasteiger partial charge in [-0.1, -0.05) is 30.3 Å². The van der Waals surface area contributed by atoms with Crippen LogP contribution in [0.15, 0.2) is 30.3 Å². The number of esters is 3. The average Bonchev–Trinajstić information content (AvgIpc) is 2.62. The van der Waals surface area contributed by atoms with Crippen LogP contribution < -0.4 is 0 Å². The highest BCUT2D eigenvalue weighted by atomic mass is 16.7. The fourth-order valence-electron chi connectivity index (χ4n) is 2.84. The molecule has 0 amide bonds. The van der Waals surface area contributed by atoms with Crippen molar-refractivity contribution in [2.45, 2.75) is 58.1 Å². The summed E-state index contributed by atoms with van der Waals surface area (Å²) in [6.07, 6.45) is -5.95. The standard InChI is InChI=1S/C19H24O9/c1-11(20)24-10-15-16(25-9-14-7-5-4-6-8-14)17(26-12(2)21)18(19(23)28-15)27-13(3)22/h4-8,15-19,23H,9-10H2,1-3H3/t15-,16+,17+,18-,19?/m0/s1. The summed E-state index contributed by atoms with van der Waals surface area (Å²) in [7, 11) is 0. The fourth-order valence-corrected chi connectivity index (χ4v) is 2.84. The van der Waals surface area contributed by atoms with Crippen molar-refractivity contribution < 1.29 is 43.2 Å². The number of hydrogen-bond donors (Lipinski definition) is 1. The van der Waals surface area contributed by atoms with Crippen LogP contribution in [-0.2, 0) is 44.7 Å². The van der Waals surface area contributed by atoms with E-state index in [0.29, 0.717) is 0 Å². The Morgan fingerprint density at radius 3 is 2.11 bits per heavy atom. The highest BCUT2D eigenvalue weighted by Crippen LogP contribution is 2.28. The number of carbonyl (C=O) groups is 3. The molecule has 0 saturated carbocycles. The van der Waals surface area contributed by atoms with E-state index in [1.54, 1.807) is 0 Å². The molecule has 2 rings (SSSR count). The smallest absolute Gasteiger partial charge is 0.303 e. The highest BCUT2D eigenvalue weighted by Gasteiger charge is 2.50. The number of benzene rings is 1. The molecular formula is C19H24O9. The summed E-state index contributed by atoms with van der Waals surface area (Å²) in [4.78, 5) is 34.2. The molecule has 1 aromatic carbocycles. The first-order valence-electron chi connectivity index (χ1n) is 8.74. The second-order valence-electron chi connectivity index (χ2n) is 6.28. The van der Waals surface area contributed by atoms with Crippen molar-refractivity contribution in [3.63, 3.8) is 0 Å². The van der Waals surface area contributed by atoms with E-state index in [1.165, 1.54) is 13.8 Å². The Morgan fingerprint density at radius 2 is 1.54 bits per heavy atom. The van der Waals surface area contributed by atoms with Gasteiger partial charge < -0.3 is 28.8 Å². The first-order valence-corrected chi connectivity index (χ1v) is 8.74. The molecule has 0 aliphatic carbocycles. The summed E-state index contributed by atoms with van der Waals surface area (Å²) < 4.78 is 26.7. The SMILES string of the molecule is CC(=O)OC[C@@H]1OC(O)[C@@H](OC(C)=O)[C@H](OC(C)=O)[C@@H]1OCc1ccccc1. The molecule has 1 aliphatic rings. The number of carbonyl (C=O) groups excluding carboxylic acids is 3. The molecule has 1 unspecified atom stereocenters. The van der Waals surface area contributed by atoms with Crippen molar-refractivity contribution in [3.8, 4) is 0 Å². The van der Waals surface area contributed by atoms with Crippen LogP contribution in [0, 0.1) is 0 Å². The summed E-state index contributed by atoms with van der Waals surface area (Å²) in [5.74, 6) is -1.90. The summed E-state index contributed by atoms with van der Waals surface area (Å²) in [6, 6.07) is 9.20. The van der Waals surface area contributed by atoms with Gasteiger partial charge >= 0.3 is 17.9 Å². The Labute approximate surface area is 162 Å². The topological polar surface area (TPSA) is 118 Å². The predicted octanol–water partition coefficient (Wildman–Crippen LogP) is 0.716. The monoisotopic (exact) mass is 396 g/mol. The van der Waals surface area contributed by atoms with Gasteiger partial charge in [-0.15, -0.1) is 0 Å². The minimum atomic E-state index is -1.59. The van der Waals surface area contributed by atoms with Crippen molar-refractivity contribution in [1.82, 2.24) is 0 Å². The molecular weight excluding hydrogens is 372 g/mol. The van der Waals surface area contributed by atoms with Crippen LogP contribution in [0.5, 0.6) is 0 Å². The van der Waals surface area contributed by atoms with Gasteiger partial charge in [-0.3, -0.25) is 14.4 Å². The highest BCUT2D eigenvalue weighted by molar-refractivity contribution is 5.67. The lowest BCUT2D eigenvalue weighted by atomic mass is 9.98. The predicted molar refractivity (Wildman–Crippen MR) is 93.6 cm³/mol. The van der Waals surface area contributed by atoms with Crippen LogP contribution in [0.4, 0.5) is 0 Å². The minimum absolute atomic E-state index is 0.131. The van der Waals surface area contributed by atoms with Crippen LogP contribution in [0.1, 0.15) is 26.3 Å². The van der Waals surface area contributed by atoms with Crippen molar-refractivity contribution in [2.24, 2.45) is 0 Å². The summed E-state index contributed by atoms with van der Waals surface area (Å²) in [5.41, 5.74) is 0.838. The fraction of sp³-hybridized carbons (Fsp3) is 0.526. The zero-order chi connectivity index (χ0) is 20.7. The molecule has 0 bridgehead atoms. The Morgan fingerprint density at radius 1 is 0.929 bits per heavy atom. The number of aliphatic hydroxyl groups is 1. The molecule has 1 N–H and O–H groups in total. The Bertz CT molecular complexity index is 675. The molecule has 9 nitrogen and oxygen atoms in total. The van der Waals surface area contributed by atoms with Crippen LogP contribution >= 0.6 is 0 Å². The van der Waals surface area contributed by atoms with E-state index in [9.17, 15) is 19.5 Å². The van der Waals surface area contributed by atoms with E-state index >= 15 is 0 Å². The lowest BCUT2D eigenvalue weighted by Gasteiger charge is -2.43. The van der Waals surface area contributed by atoms with E-state index in [0.717, 1.165) is 12.5 Å². The van der Waals surface area contributed by atoms with Gasteiger partial charge in [0.15, 0.2) is 18.5 Å². The summed E-state index contributed by atoms with van der Waals surface area (Å²) in [6.45, 7) is 3.46. The largest absolute Gasteiger partial charge is 0.463 e. The minimum Gasteiger partial charge on any atom is -0.463 e. The van der Waals surface area contributed by atoms with E-state index in [1.807, 2.05) is 30.3 Å². The molecule has 0 aromatic heterocycles. The average molecular weight is 396 g/mol. The molecule has 9 heteroatoms. The normalized spacial score (nSPS) is 26.9. The molecule has 5 atom stereocenters. The summed E-state index contributed by atoms with van der Waals surface area (Å²) in [5, 5.41) is 10.3. The number of aliphatic hydroxyl groups excluding tert-OH is 1. The van der Waals surface area contributed by atoms with E-state index < -0.39 is 48.6 Å². The van der Waals surface area contributed by atoms with Gasteiger partial charge in [-0.25, -0.2) is 0 Å². The molecule has 28 heavy (non-hydrogen) atoms. The molecule has 1 aliphatic heterocycles. The second kappa shape index (κ2) is 10.2. The maximum atomic E-state index is 11.6. The van der Waals surface area contributed by atoms with Crippen molar-refractivity contribution in [2.75, 3.05) is 6.61 Å². The van der Waals surface area contributed by atoms with Gasteiger partial charge in [0.05, 0.1) is 6.61 Å². The van der Waals surface area contributed by atoms with Crippen molar-refractivity contribution in [1.29, 1.82) is 0 Å². The molecule has 0 radical (unpaired) electrons. The lowest BCUT2D eigenvalue weighted by molar-refractivity contribution is -0.301. The molecule has 1 aromatic rings. The van der Waals surface area contributed by atoms with Gasteiger partial charge in [0.25, 0.3) is 0 Å². The number of hydrogen-bond acceptors (Lipinski definition) is 9. The van der Waals surface area contributed by atoms with Gasteiger partial charge in [0, 0.05) is 20.8 Å². The maximum Gasteiger partial charge on any atom is 0.303 e. The van der Waals surface area contributed by atoms with Crippen LogP contribution in [0.25, 0.3) is 0 Å². The first kappa shape index (κ1) is 21.8. The van der Waals surface area contributed by atoms with Gasteiger partial charge in [0.1, 0.15) is 18.8 Å². The molecule has 0 spiro atoms. The Kier molecular flexibility index (Phi) is 7.91. The maximum absolute atomic E-state index is 11.6. The van der Waals surface area contributed by atoms with E-state index in [2.05, 4.69) is 0 Å². The lowest BCUT2D eigenvalue weighted by Crippen LogP contribution is -2.62. The zero-order valence-corrected chi connectivity index (χ0v) is 15.9.